The summed E-state index contributed by atoms with van der Waals surface area (Å²) in [4.78, 5) is 0. The van der Waals surface area contributed by atoms with Gasteiger partial charge in [-0.15, -0.1) is 0 Å². The monoisotopic (exact) mass is 306 g/mol. The Balaban J connectivity index is 2.34. The molecule has 0 amide bonds. The van der Waals surface area contributed by atoms with Crippen molar-refractivity contribution in [2.24, 2.45) is 0 Å². The zero-order valence-corrected chi connectivity index (χ0v) is 11.0. The third kappa shape index (κ3) is 4.89. The van der Waals surface area contributed by atoms with Crippen molar-refractivity contribution in [3.05, 3.63) is 22.4 Å². The van der Waals surface area contributed by atoms with E-state index in [4.69, 9.17) is 15.6 Å². The number of aliphatic hydroxyl groups is 1. The summed E-state index contributed by atoms with van der Waals surface area (Å²) in [5.74, 6) is -0.376. The maximum Gasteiger partial charge on any atom is 0.139 e. The molecule has 96 valence electrons. The number of hydrogen-bond acceptors (Lipinski definition) is 4. The number of ether oxygens (including phenoxy) is 1. The van der Waals surface area contributed by atoms with Gasteiger partial charge in [-0.1, -0.05) is 0 Å². The summed E-state index contributed by atoms with van der Waals surface area (Å²) in [7, 11) is 0. The molecule has 4 N–H and O–H groups in total. The average molecular weight is 307 g/mol. The second-order valence-electron chi connectivity index (χ2n) is 3.47. The molecule has 0 aliphatic rings. The first kappa shape index (κ1) is 14.2. The van der Waals surface area contributed by atoms with Gasteiger partial charge in [0.2, 0.25) is 0 Å². The molecule has 4 nitrogen and oxygen atoms in total. The molecule has 0 heterocycles. The molecule has 0 aliphatic carbocycles. The largest absolute Gasteiger partial charge is 0.397 e. The maximum atomic E-state index is 13.1. The van der Waals surface area contributed by atoms with Crippen LogP contribution in [0.3, 0.4) is 0 Å². The minimum Gasteiger partial charge on any atom is -0.397 e. The van der Waals surface area contributed by atoms with E-state index < -0.39 is 0 Å². The van der Waals surface area contributed by atoms with Crippen LogP contribution >= 0.6 is 15.9 Å². The molecule has 1 rings (SSSR count). The molecule has 1 aromatic carbocycles. The minimum absolute atomic E-state index is 0.0330. The number of halogens is 2. The van der Waals surface area contributed by atoms with Crippen molar-refractivity contribution in [3.63, 3.8) is 0 Å². The van der Waals surface area contributed by atoms with Gasteiger partial charge in [-0.25, -0.2) is 4.39 Å². The van der Waals surface area contributed by atoms with Gasteiger partial charge in [0.05, 0.1) is 29.1 Å². The molecule has 0 aliphatic heterocycles. The summed E-state index contributed by atoms with van der Waals surface area (Å²) in [5.41, 5.74) is 6.74. The number of rotatable bonds is 7. The number of nitrogens with one attached hydrogen (secondary N) is 1. The topological polar surface area (TPSA) is 67.5 Å². The quantitative estimate of drug-likeness (QED) is 0.532. The van der Waals surface area contributed by atoms with E-state index >= 15 is 0 Å². The maximum absolute atomic E-state index is 13.1. The van der Waals surface area contributed by atoms with Crippen molar-refractivity contribution in [3.8, 4) is 0 Å². The Morgan fingerprint density at radius 3 is 2.88 bits per heavy atom. The lowest BCUT2D eigenvalue weighted by molar-refractivity contribution is 0.0922. The Bertz CT molecular complexity index is 364. The molecule has 0 bridgehead atoms. The number of hydrogen-bond donors (Lipinski definition) is 3. The first-order chi connectivity index (χ1) is 8.15. The number of nitrogen functional groups attached to an aromatic ring is 1. The molecule has 0 radical (unpaired) electrons. The van der Waals surface area contributed by atoms with Crippen LogP contribution in [0.1, 0.15) is 6.42 Å². The van der Waals surface area contributed by atoms with Crippen molar-refractivity contribution in [1.29, 1.82) is 0 Å². The number of anilines is 2. The molecule has 0 spiro atoms. The molecular formula is C11H16BrFN2O2. The third-order valence-corrected chi connectivity index (χ3v) is 2.72. The molecule has 6 heteroatoms. The normalized spacial score (nSPS) is 10.5. The van der Waals surface area contributed by atoms with Crippen LogP contribution in [0.5, 0.6) is 0 Å². The summed E-state index contributed by atoms with van der Waals surface area (Å²) in [6.45, 7) is 1.62. The highest BCUT2D eigenvalue weighted by Gasteiger charge is 2.05. The Morgan fingerprint density at radius 1 is 1.41 bits per heavy atom. The second kappa shape index (κ2) is 7.47. The van der Waals surface area contributed by atoms with Crippen molar-refractivity contribution in [2.45, 2.75) is 6.42 Å². The summed E-state index contributed by atoms with van der Waals surface area (Å²) >= 11 is 3.10. The van der Waals surface area contributed by atoms with Crippen molar-refractivity contribution in [1.82, 2.24) is 0 Å². The molecular weight excluding hydrogens is 291 g/mol. The summed E-state index contributed by atoms with van der Waals surface area (Å²) < 4.78 is 18.6. The van der Waals surface area contributed by atoms with Gasteiger partial charge in [0.1, 0.15) is 5.82 Å². The van der Waals surface area contributed by atoms with Crippen molar-refractivity contribution >= 4 is 27.3 Å². The lowest BCUT2D eigenvalue weighted by Gasteiger charge is -2.10. The molecule has 0 aromatic heterocycles. The van der Waals surface area contributed by atoms with E-state index in [0.717, 1.165) is 6.42 Å². The highest BCUT2D eigenvalue weighted by molar-refractivity contribution is 9.10. The van der Waals surface area contributed by atoms with E-state index in [1.54, 1.807) is 6.07 Å². The molecule has 1 aromatic rings. The van der Waals surface area contributed by atoms with E-state index in [2.05, 4.69) is 21.2 Å². The van der Waals surface area contributed by atoms with Crippen LogP contribution in [0, 0.1) is 5.82 Å². The predicted octanol–water partition coefficient (Wildman–Crippen LogP) is 1.98. The Labute approximate surface area is 108 Å². The van der Waals surface area contributed by atoms with Gasteiger partial charge in [0, 0.05) is 19.2 Å². The molecule has 0 fully saturated rings. The van der Waals surface area contributed by atoms with Gasteiger partial charge in [-0.05, 0) is 28.4 Å². The summed E-state index contributed by atoms with van der Waals surface area (Å²) in [6.07, 6.45) is 0.786. The smallest absolute Gasteiger partial charge is 0.139 e. The van der Waals surface area contributed by atoms with Crippen LogP contribution in [0.15, 0.2) is 16.6 Å². The zero-order valence-electron chi connectivity index (χ0n) is 9.38. The van der Waals surface area contributed by atoms with E-state index in [9.17, 15) is 4.39 Å². The fraction of sp³-hybridized carbons (Fsp3) is 0.455. The van der Waals surface area contributed by atoms with E-state index in [-0.39, 0.29) is 12.4 Å². The number of nitrogens with two attached hydrogens (primary N) is 1. The molecule has 0 atom stereocenters. The van der Waals surface area contributed by atoms with Crippen molar-refractivity contribution in [2.75, 3.05) is 37.4 Å². The lowest BCUT2D eigenvalue weighted by Crippen LogP contribution is -2.09. The Morgan fingerprint density at radius 2 is 2.18 bits per heavy atom. The Kier molecular flexibility index (Phi) is 6.25. The van der Waals surface area contributed by atoms with Crippen LogP contribution in [0.25, 0.3) is 0 Å². The van der Waals surface area contributed by atoms with E-state index in [1.165, 1.54) is 6.07 Å². The predicted molar refractivity (Wildman–Crippen MR) is 69.5 cm³/mol. The SMILES string of the molecule is Nc1cc(F)c(Br)cc1NCCCOCCO. The van der Waals surface area contributed by atoms with Gasteiger partial charge < -0.3 is 20.9 Å². The minimum atomic E-state index is -0.376. The van der Waals surface area contributed by atoms with Crippen LogP contribution < -0.4 is 11.1 Å². The fourth-order valence-corrected chi connectivity index (χ4v) is 1.62. The third-order valence-electron chi connectivity index (χ3n) is 2.11. The second-order valence-corrected chi connectivity index (χ2v) is 4.32. The lowest BCUT2D eigenvalue weighted by atomic mass is 10.2. The van der Waals surface area contributed by atoms with Gasteiger partial charge >= 0.3 is 0 Å². The highest BCUT2D eigenvalue weighted by atomic mass is 79.9. The highest BCUT2D eigenvalue weighted by Crippen LogP contribution is 2.26. The molecule has 17 heavy (non-hydrogen) atoms. The molecule has 0 saturated carbocycles. The van der Waals surface area contributed by atoms with Gasteiger partial charge in [0.15, 0.2) is 0 Å². The fourth-order valence-electron chi connectivity index (χ4n) is 1.28. The van der Waals surface area contributed by atoms with Gasteiger partial charge in [0.25, 0.3) is 0 Å². The van der Waals surface area contributed by atoms with Crippen LogP contribution in [0.4, 0.5) is 15.8 Å². The van der Waals surface area contributed by atoms with Crippen LogP contribution in [-0.4, -0.2) is 31.5 Å². The van der Waals surface area contributed by atoms with E-state index in [1.807, 2.05) is 0 Å². The zero-order chi connectivity index (χ0) is 12.7. The summed E-state index contributed by atoms with van der Waals surface area (Å²) in [5, 5.41) is 11.6. The summed E-state index contributed by atoms with van der Waals surface area (Å²) in [6, 6.07) is 2.88. The van der Waals surface area contributed by atoms with E-state index in [0.29, 0.717) is 35.6 Å². The number of benzene rings is 1. The Hall–Kier alpha value is -0.850. The first-order valence-electron chi connectivity index (χ1n) is 5.32. The first-order valence-corrected chi connectivity index (χ1v) is 6.11. The number of aliphatic hydroxyl groups excluding tert-OH is 1. The molecule has 0 unspecified atom stereocenters. The van der Waals surface area contributed by atoms with Crippen LogP contribution in [-0.2, 0) is 4.74 Å². The van der Waals surface area contributed by atoms with Gasteiger partial charge in [-0.2, -0.15) is 0 Å². The van der Waals surface area contributed by atoms with Crippen LogP contribution in [0.2, 0.25) is 0 Å². The molecule has 0 saturated heterocycles. The standard InChI is InChI=1S/C11H16BrFN2O2/c12-8-6-11(10(14)7-9(8)13)15-2-1-4-17-5-3-16/h6-7,15-16H,1-5,14H2. The average Bonchev–Trinajstić information content (AvgIpc) is 2.30. The van der Waals surface area contributed by atoms with Crippen molar-refractivity contribution < 1.29 is 14.2 Å². The van der Waals surface area contributed by atoms with Gasteiger partial charge in [-0.3, -0.25) is 0 Å².